The van der Waals surface area contributed by atoms with E-state index >= 15 is 0 Å². The van der Waals surface area contributed by atoms with E-state index in [9.17, 15) is 0 Å². The molecule has 1 heteroatoms. The van der Waals surface area contributed by atoms with Gasteiger partial charge in [0.15, 0.2) is 0 Å². The predicted octanol–water partition coefficient (Wildman–Crippen LogP) is 3.20. The lowest BCUT2D eigenvalue weighted by Crippen LogP contribution is -2.40. The van der Waals surface area contributed by atoms with Crippen molar-refractivity contribution in [3.8, 4) is 0 Å². The zero-order chi connectivity index (χ0) is 9.73. The molecular weight excluding hydrogens is 158 g/mol. The smallest absolute Gasteiger partial charge is 0.000771 e. The summed E-state index contributed by atoms with van der Waals surface area (Å²) in [6.07, 6.45) is 6.99. The summed E-state index contributed by atoms with van der Waals surface area (Å²) >= 11 is 0. The Kier molecular flexibility index (Phi) is 4.24. The zero-order valence-electron chi connectivity index (χ0n) is 9.53. The molecule has 1 saturated carbocycles. The Bertz CT molecular complexity index is 140. The highest BCUT2D eigenvalue weighted by molar-refractivity contribution is 4.88. The average molecular weight is 183 g/mol. The molecule has 0 aliphatic heterocycles. The summed E-state index contributed by atoms with van der Waals surface area (Å²) in [5, 5.41) is 3.58. The Morgan fingerprint density at radius 2 is 2.00 bits per heavy atom. The van der Waals surface area contributed by atoms with Gasteiger partial charge >= 0.3 is 0 Å². The standard InChI is InChI=1S/C12H25N/c1-4-9-13-10-12(3,5-2)11-7-6-8-11/h11,13H,4-10H2,1-3H3. The molecule has 0 spiro atoms. The first kappa shape index (κ1) is 11.0. The second kappa shape index (κ2) is 4.99. The van der Waals surface area contributed by atoms with Gasteiger partial charge in [0.05, 0.1) is 0 Å². The van der Waals surface area contributed by atoms with Crippen LogP contribution in [-0.4, -0.2) is 13.1 Å². The minimum atomic E-state index is 0.577. The van der Waals surface area contributed by atoms with Crippen LogP contribution >= 0.6 is 0 Å². The SMILES string of the molecule is CCCNCC(C)(CC)C1CCC1. The van der Waals surface area contributed by atoms with Gasteiger partial charge in [-0.2, -0.15) is 0 Å². The first-order valence-electron chi connectivity index (χ1n) is 5.93. The summed E-state index contributed by atoms with van der Waals surface area (Å²) in [6, 6.07) is 0. The van der Waals surface area contributed by atoms with Crippen molar-refractivity contribution in [2.75, 3.05) is 13.1 Å². The van der Waals surface area contributed by atoms with Crippen LogP contribution in [0.2, 0.25) is 0 Å². The Hall–Kier alpha value is -0.0400. The van der Waals surface area contributed by atoms with Crippen molar-refractivity contribution in [1.82, 2.24) is 5.32 Å². The molecule has 78 valence electrons. The summed E-state index contributed by atoms with van der Waals surface area (Å²) in [4.78, 5) is 0. The van der Waals surface area contributed by atoms with Gasteiger partial charge < -0.3 is 5.32 Å². The molecule has 0 aromatic rings. The Labute approximate surface area is 83.3 Å². The number of hydrogen-bond donors (Lipinski definition) is 1. The maximum absolute atomic E-state index is 3.58. The maximum atomic E-state index is 3.58. The third-order valence-corrected chi connectivity index (χ3v) is 3.85. The highest BCUT2D eigenvalue weighted by Gasteiger charge is 2.35. The molecule has 0 radical (unpaired) electrons. The first-order chi connectivity index (χ1) is 6.23. The largest absolute Gasteiger partial charge is 0.316 e. The van der Waals surface area contributed by atoms with E-state index in [0.29, 0.717) is 5.41 Å². The third kappa shape index (κ3) is 2.70. The lowest BCUT2D eigenvalue weighted by atomic mass is 9.65. The Balaban J connectivity index is 2.29. The fourth-order valence-electron chi connectivity index (χ4n) is 2.21. The van der Waals surface area contributed by atoms with E-state index in [1.54, 1.807) is 0 Å². The van der Waals surface area contributed by atoms with Crippen LogP contribution in [0, 0.1) is 11.3 Å². The van der Waals surface area contributed by atoms with Gasteiger partial charge in [-0.3, -0.25) is 0 Å². The molecule has 0 amide bonds. The fourth-order valence-corrected chi connectivity index (χ4v) is 2.21. The first-order valence-corrected chi connectivity index (χ1v) is 5.93. The van der Waals surface area contributed by atoms with E-state index in [4.69, 9.17) is 0 Å². The fraction of sp³-hybridized carbons (Fsp3) is 1.00. The highest BCUT2D eigenvalue weighted by Crippen LogP contribution is 2.43. The van der Waals surface area contributed by atoms with E-state index in [1.807, 2.05) is 0 Å². The number of hydrogen-bond acceptors (Lipinski definition) is 1. The van der Waals surface area contributed by atoms with Crippen LogP contribution in [0.25, 0.3) is 0 Å². The average Bonchev–Trinajstić information content (AvgIpc) is 2.02. The van der Waals surface area contributed by atoms with Crippen molar-refractivity contribution < 1.29 is 0 Å². The molecule has 13 heavy (non-hydrogen) atoms. The van der Waals surface area contributed by atoms with Crippen LogP contribution in [0.4, 0.5) is 0 Å². The number of nitrogens with one attached hydrogen (secondary N) is 1. The topological polar surface area (TPSA) is 12.0 Å². The Morgan fingerprint density at radius 1 is 1.31 bits per heavy atom. The molecule has 0 aromatic heterocycles. The van der Waals surface area contributed by atoms with E-state index in [1.165, 1.54) is 45.2 Å². The lowest BCUT2D eigenvalue weighted by molar-refractivity contribution is 0.0953. The van der Waals surface area contributed by atoms with Gasteiger partial charge in [0, 0.05) is 6.54 Å². The van der Waals surface area contributed by atoms with Crippen LogP contribution < -0.4 is 5.32 Å². The van der Waals surface area contributed by atoms with Crippen molar-refractivity contribution in [3.05, 3.63) is 0 Å². The molecule has 0 saturated heterocycles. The maximum Gasteiger partial charge on any atom is 0.000771 e. The molecule has 1 N–H and O–H groups in total. The minimum absolute atomic E-state index is 0.577. The molecule has 1 aliphatic rings. The molecule has 0 aromatic carbocycles. The molecule has 1 atom stereocenters. The van der Waals surface area contributed by atoms with E-state index in [2.05, 4.69) is 26.1 Å². The molecule has 1 aliphatic carbocycles. The van der Waals surface area contributed by atoms with Crippen LogP contribution in [0.15, 0.2) is 0 Å². The summed E-state index contributed by atoms with van der Waals surface area (Å²) < 4.78 is 0. The second-order valence-electron chi connectivity index (χ2n) is 4.81. The van der Waals surface area contributed by atoms with Gasteiger partial charge in [-0.05, 0) is 43.6 Å². The third-order valence-electron chi connectivity index (χ3n) is 3.85. The normalized spacial score (nSPS) is 22.4. The molecule has 1 unspecified atom stereocenters. The Morgan fingerprint density at radius 3 is 2.38 bits per heavy atom. The van der Waals surface area contributed by atoms with Gasteiger partial charge in [-0.15, -0.1) is 0 Å². The van der Waals surface area contributed by atoms with Crippen molar-refractivity contribution in [1.29, 1.82) is 0 Å². The monoisotopic (exact) mass is 183 g/mol. The van der Waals surface area contributed by atoms with E-state index in [-0.39, 0.29) is 0 Å². The van der Waals surface area contributed by atoms with E-state index < -0.39 is 0 Å². The molecule has 1 nitrogen and oxygen atoms in total. The van der Waals surface area contributed by atoms with Gasteiger partial charge in [0.2, 0.25) is 0 Å². The van der Waals surface area contributed by atoms with Gasteiger partial charge in [-0.25, -0.2) is 0 Å². The molecule has 0 heterocycles. The van der Waals surface area contributed by atoms with Gasteiger partial charge in [0.1, 0.15) is 0 Å². The van der Waals surface area contributed by atoms with Gasteiger partial charge in [-0.1, -0.05) is 27.2 Å². The highest BCUT2D eigenvalue weighted by atomic mass is 14.9. The number of rotatable bonds is 6. The van der Waals surface area contributed by atoms with Crippen molar-refractivity contribution in [3.63, 3.8) is 0 Å². The molecule has 1 rings (SSSR count). The van der Waals surface area contributed by atoms with Crippen LogP contribution in [0.3, 0.4) is 0 Å². The summed E-state index contributed by atoms with van der Waals surface area (Å²) in [5.74, 6) is 1.00. The van der Waals surface area contributed by atoms with Crippen LogP contribution in [0.1, 0.15) is 52.9 Å². The van der Waals surface area contributed by atoms with Crippen molar-refractivity contribution >= 4 is 0 Å². The summed E-state index contributed by atoms with van der Waals surface area (Å²) in [7, 11) is 0. The molecule has 0 bridgehead atoms. The van der Waals surface area contributed by atoms with Crippen LogP contribution in [-0.2, 0) is 0 Å². The van der Waals surface area contributed by atoms with Gasteiger partial charge in [0.25, 0.3) is 0 Å². The van der Waals surface area contributed by atoms with E-state index in [0.717, 1.165) is 5.92 Å². The van der Waals surface area contributed by atoms with Crippen molar-refractivity contribution in [2.45, 2.75) is 52.9 Å². The second-order valence-corrected chi connectivity index (χ2v) is 4.81. The summed E-state index contributed by atoms with van der Waals surface area (Å²) in [5.41, 5.74) is 0.577. The predicted molar refractivity (Wildman–Crippen MR) is 58.9 cm³/mol. The summed E-state index contributed by atoms with van der Waals surface area (Å²) in [6.45, 7) is 9.44. The quantitative estimate of drug-likeness (QED) is 0.624. The minimum Gasteiger partial charge on any atom is -0.316 e. The molecular formula is C12H25N. The lowest BCUT2D eigenvalue weighted by Gasteiger charge is -2.43. The zero-order valence-corrected chi connectivity index (χ0v) is 9.53. The molecule has 1 fully saturated rings. The van der Waals surface area contributed by atoms with Crippen LogP contribution in [0.5, 0.6) is 0 Å². The van der Waals surface area contributed by atoms with Crippen molar-refractivity contribution in [2.24, 2.45) is 11.3 Å².